The lowest BCUT2D eigenvalue weighted by Gasteiger charge is -2.38. The summed E-state index contributed by atoms with van der Waals surface area (Å²) in [6.07, 6.45) is 5.45. The highest BCUT2D eigenvalue weighted by Gasteiger charge is 2.47. The van der Waals surface area contributed by atoms with E-state index in [0.717, 1.165) is 38.8 Å². The second kappa shape index (κ2) is 3.78. The Bertz CT molecular complexity index is 252. The number of piperidine rings is 1. The molecule has 0 spiro atoms. The van der Waals surface area contributed by atoms with Crippen LogP contribution in [0.2, 0.25) is 0 Å². The maximum Gasteiger partial charge on any atom is 0.226 e. The minimum Gasteiger partial charge on any atom is -0.349 e. The molecule has 1 heterocycles. The Morgan fingerprint density at radius 2 is 2.13 bits per heavy atom. The van der Waals surface area contributed by atoms with Crippen molar-refractivity contribution in [1.82, 2.24) is 10.6 Å². The number of rotatable bonds is 3. The van der Waals surface area contributed by atoms with Gasteiger partial charge in [-0.05, 0) is 38.6 Å². The standard InChI is InChI=1S/C12H22N2O/c1-3-12(5-4-8-13-9-12)14-10(15)11(2)6-7-11/h13H,3-9H2,1-2H3,(H,14,15). The van der Waals surface area contributed by atoms with Gasteiger partial charge in [0.2, 0.25) is 5.91 Å². The second-order valence-electron chi connectivity index (χ2n) is 5.43. The average molecular weight is 210 g/mol. The largest absolute Gasteiger partial charge is 0.349 e. The SMILES string of the molecule is CCC1(NC(=O)C2(C)CC2)CCCNC1. The van der Waals surface area contributed by atoms with Crippen molar-refractivity contribution in [1.29, 1.82) is 0 Å². The van der Waals surface area contributed by atoms with Crippen LogP contribution in [0.5, 0.6) is 0 Å². The third-order valence-electron chi connectivity index (χ3n) is 4.08. The molecule has 2 aliphatic rings. The van der Waals surface area contributed by atoms with E-state index in [-0.39, 0.29) is 16.9 Å². The highest BCUT2D eigenvalue weighted by molar-refractivity contribution is 5.85. The van der Waals surface area contributed by atoms with Gasteiger partial charge in [-0.1, -0.05) is 13.8 Å². The summed E-state index contributed by atoms with van der Waals surface area (Å²) in [4.78, 5) is 12.0. The van der Waals surface area contributed by atoms with Crippen LogP contribution in [0.3, 0.4) is 0 Å². The van der Waals surface area contributed by atoms with Gasteiger partial charge in [-0.3, -0.25) is 4.79 Å². The van der Waals surface area contributed by atoms with Crippen molar-refractivity contribution in [3.8, 4) is 0 Å². The molecule has 15 heavy (non-hydrogen) atoms. The van der Waals surface area contributed by atoms with E-state index < -0.39 is 0 Å². The van der Waals surface area contributed by atoms with Crippen LogP contribution in [-0.2, 0) is 4.79 Å². The first kappa shape index (κ1) is 10.9. The molecule has 1 saturated heterocycles. The Morgan fingerprint density at radius 3 is 2.60 bits per heavy atom. The van der Waals surface area contributed by atoms with Gasteiger partial charge < -0.3 is 10.6 Å². The highest BCUT2D eigenvalue weighted by Crippen LogP contribution is 2.45. The van der Waals surface area contributed by atoms with Crippen molar-refractivity contribution in [2.75, 3.05) is 13.1 Å². The van der Waals surface area contributed by atoms with E-state index in [9.17, 15) is 4.79 Å². The van der Waals surface area contributed by atoms with Gasteiger partial charge in [0.25, 0.3) is 0 Å². The van der Waals surface area contributed by atoms with Crippen LogP contribution in [-0.4, -0.2) is 24.5 Å². The number of nitrogens with one attached hydrogen (secondary N) is 2. The van der Waals surface area contributed by atoms with Gasteiger partial charge in [0, 0.05) is 12.0 Å². The van der Waals surface area contributed by atoms with Crippen molar-refractivity contribution in [3.05, 3.63) is 0 Å². The molecule has 2 N–H and O–H groups in total. The first-order valence-corrected chi connectivity index (χ1v) is 6.14. The summed E-state index contributed by atoms with van der Waals surface area (Å²) < 4.78 is 0. The lowest BCUT2D eigenvalue weighted by Crippen LogP contribution is -2.58. The molecule has 3 nitrogen and oxygen atoms in total. The Labute approximate surface area is 92.0 Å². The van der Waals surface area contributed by atoms with Crippen molar-refractivity contribution in [2.45, 2.75) is 51.5 Å². The molecule has 1 saturated carbocycles. The number of carbonyl (C=O) groups is 1. The molecule has 3 heteroatoms. The lowest BCUT2D eigenvalue weighted by molar-refractivity contribution is -0.128. The van der Waals surface area contributed by atoms with Crippen LogP contribution in [0.25, 0.3) is 0 Å². The van der Waals surface area contributed by atoms with Crippen LogP contribution < -0.4 is 10.6 Å². The number of amides is 1. The first-order chi connectivity index (χ1) is 7.10. The Hall–Kier alpha value is -0.570. The van der Waals surface area contributed by atoms with Gasteiger partial charge >= 0.3 is 0 Å². The van der Waals surface area contributed by atoms with Crippen LogP contribution >= 0.6 is 0 Å². The van der Waals surface area contributed by atoms with Crippen LogP contribution in [0, 0.1) is 5.41 Å². The van der Waals surface area contributed by atoms with Gasteiger partial charge in [-0.2, -0.15) is 0 Å². The zero-order valence-corrected chi connectivity index (χ0v) is 9.86. The number of hydrogen-bond acceptors (Lipinski definition) is 2. The molecule has 0 aromatic carbocycles. The monoisotopic (exact) mass is 210 g/mol. The maximum atomic E-state index is 12.0. The quantitative estimate of drug-likeness (QED) is 0.740. The molecule has 0 radical (unpaired) electrons. The topological polar surface area (TPSA) is 41.1 Å². The Balaban J connectivity index is 1.97. The third-order valence-corrected chi connectivity index (χ3v) is 4.08. The van der Waals surface area contributed by atoms with E-state index >= 15 is 0 Å². The van der Waals surface area contributed by atoms with Gasteiger partial charge in [0.15, 0.2) is 0 Å². The molecule has 2 rings (SSSR count). The van der Waals surface area contributed by atoms with E-state index in [1.807, 2.05) is 0 Å². The van der Waals surface area contributed by atoms with E-state index in [2.05, 4.69) is 24.5 Å². The molecule has 2 fully saturated rings. The summed E-state index contributed by atoms with van der Waals surface area (Å²) in [5, 5.41) is 6.67. The molecule has 86 valence electrons. The minimum atomic E-state index is -0.0420. The second-order valence-corrected chi connectivity index (χ2v) is 5.43. The fraction of sp³-hybridized carbons (Fsp3) is 0.917. The van der Waals surface area contributed by atoms with Crippen molar-refractivity contribution in [3.63, 3.8) is 0 Å². The average Bonchev–Trinajstić information content (AvgIpc) is 2.99. The van der Waals surface area contributed by atoms with Crippen LogP contribution in [0.1, 0.15) is 46.0 Å². The van der Waals surface area contributed by atoms with Crippen molar-refractivity contribution < 1.29 is 4.79 Å². The van der Waals surface area contributed by atoms with Crippen LogP contribution in [0.15, 0.2) is 0 Å². The summed E-state index contributed by atoms with van der Waals surface area (Å²) in [6.45, 7) is 6.27. The first-order valence-electron chi connectivity index (χ1n) is 6.14. The van der Waals surface area contributed by atoms with E-state index in [4.69, 9.17) is 0 Å². The molecular formula is C12H22N2O. The smallest absolute Gasteiger partial charge is 0.226 e. The highest BCUT2D eigenvalue weighted by atomic mass is 16.2. The zero-order valence-electron chi connectivity index (χ0n) is 9.86. The molecule has 1 atom stereocenters. The van der Waals surface area contributed by atoms with Gasteiger partial charge in [0.05, 0.1) is 5.54 Å². The molecule has 1 aliphatic heterocycles. The Kier molecular flexibility index (Phi) is 2.75. The molecule has 0 aromatic heterocycles. The zero-order chi connectivity index (χ0) is 10.9. The van der Waals surface area contributed by atoms with Gasteiger partial charge in [-0.25, -0.2) is 0 Å². The third kappa shape index (κ3) is 2.17. The molecular weight excluding hydrogens is 188 g/mol. The lowest BCUT2D eigenvalue weighted by atomic mass is 9.86. The summed E-state index contributed by atoms with van der Waals surface area (Å²) in [5.41, 5.74) is -0.0133. The molecule has 1 amide bonds. The molecule has 1 aliphatic carbocycles. The Morgan fingerprint density at radius 1 is 1.40 bits per heavy atom. The van der Waals surface area contributed by atoms with E-state index in [0.29, 0.717) is 0 Å². The predicted octanol–water partition coefficient (Wildman–Crippen LogP) is 1.43. The normalized spacial score (nSPS) is 33.5. The summed E-state index contributed by atoms with van der Waals surface area (Å²) in [6, 6.07) is 0. The summed E-state index contributed by atoms with van der Waals surface area (Å²) in [7, 11) is 0. The van der Waals surface area contributed by atoms with Crippen LogP contribution in [0.4, 0.5) is 0 Å². The van der Waals surface area contributed by atoms with E-state index in [1.165, 1.54) is 6.42 Å². The number of hydrogen-bond donors (Lipinski definition) is 2. The molecule has 0 bridgehead atoms. The fourth-order valence-corrected chi connectivity index (χ4v) is 2.27. The fourth-order valence-electron chi connectivity index (χ4n) is 2.27. The summed E-state index contributed by atoms with van der Waals surface area (Å²) >= 11 is 0. The van der Waals surface area contributed by atoms with Gasteiger partial charge in [-0.15, -0.1) is 0 Å². The maximum absolute atomic E-state index is 12.0. The number of carbonyl (C=O) groups excluding carboxylic acids is 1. The molecule has 0 aromatic rings. The van der Waals surface area contributed by atoms with Gasteiger partial charge in [0.1, 0.15) is 0 Å². The summed E-state index contributed by atoms with van der Waals surface area (Å²) in [5.74, 6) is 0.271. The van der Waals surface area contributed by atoms with Crippen molar-refractivity contribution in [2.24, 2.45) is 5.41 Å². The van der Waals surface area contributed by atoms with Crippen molar-refractivity contribution >= 4 is 5.91 Å². The predicted molar refractivity (Wildman–Crippen MR) is 60.6 cm³/mol. The molecule has 1 unspecified atom stereocenters. The van der Waals surface area contributed by atoms with E-state index in [1.54, 1.807) is 0 Å². The minimum absolute atomic E-state index is 0.0287.